The molecule has 88 valence electrons. The second-order valence-corrected chi connectivity index (χ2v) is 4.59. The summed E-state index contributed by atoms with van der Waals surface area (Å²) in [5, 5.41) is 3.56. The van der Waals surface area contributed by atoms with Crippen LogP contribution in [0.25, 0.3) is 0 Å². The van der Waals surface area contributed by atoms with Gasteiger partial charge in [-0.05, 0) is 24.6 Å². The summed E-state index contributed by atoms with van der Waals surface area (Å²) in [6.45, 7) is 3.72. The fraction of sp³-hybridized carbons (Fsp3) is 0.417. The number of carbonyl (C=O) groups excluding carboxylic acids is 1. The number of hydrogen-bond donors (Lipinski definition) is 1. The first-order valence-corrected chi connectivity index (χ1v) is 6.07. The van der Waals surface area contributed by atoms with Crippen molar-refractivity contribution in [1.82, 2.24) is 5.32 Å². The molecule has 1 aromatic rings. The molecule has 0 aliphatic carbocycles. The van der Waals surface area contributed by atoms with E-state index < -0.39 is 0 Å². The molecule has 1 N–H and O–H groups in total. The van der Waals surface area contributed by atoms with Crippen LogP contribution in [0.1, 0.15) is 25.5 Å². The molecule has 0 fully saturated rings. The van der Waals surface area contributed by atoms with Crippen molar-refractivity contribution in [3.05, 3.63) is 34.9 Å². The Bertz CT molecular complexity index is 368. The molecule has 2 nitrogen and oxygen atoms in total. The van der Waals surface area contributed by atoms with Gasteiger partial charge in [0, 0.05) is 16.8 Å². The van der Waals surface area contributed by atoms with Crippen LogP contribution in [0, 0.1) is 5.92 Å². The van der Waals surface area contributed by atoms with Gasteiger partial charge in [0.1, 0.15) is 0 Å². The number of benzene rings is 1. The molecule has 0 radical (unpaired) electrons. The maximum absolute atomic E-state index is 11.6. The highest BCUT2D eigenvalue weighted by atomic mass is 35.5. The molecule has 1 rings (SSSR count). The minimum Gasteiger partial charge on any atom is -0.349 e. The van der Waals surface area contributed by atoms with Crippen molar-refractivity contribution >= 4 is 29.1 Å². The van der Waals surface area contributed by atoms with Crippen molar-refractivity contribution < 1.29 is 4.79 Å². The van der Waals surface area contributed by atoms with Crippen LogP contribution < -0.4 is 5.32 Å². The van der Waals surface area contributed by atoms with Gasteiger partial charge in [-0.15, -0.1) is 11.6 Å². The largest absolute Gasteiger partial charge is 0.349 e. The molecule has 0 aromatic heterocycles. The van der Waals surface area contributed by atoms with Crippen molar-refractivity contribution in [1.29, 1.82) is 0 Å². The summed E-state index contributed by atoms with van der Waals surface area (Å²) in [6, 6.07) is 7.39. The van der Waals surface area contributed by atoms with E-state index in [-0.39, 0.29) is 17.9 Å². The number of carbonyl (C=O) groups is 1. The second-order valence-electron chi connectivity index (χ2n) is 3.84. The van der Waals surface area contributed by atoms with Crippen molar-refractivity contribution in [3.63, 3.8) is 0 Å². The predicted molar refractivity (Wildman–Crippen MR) is 67.9 cm³/mol. The van der Waals surface area contributed by atoms with Gasteiger partial charge in [-0.3, -0.25) is 4.79 Å². The summed E-state index contributed by atoms with van der Waals surface area (Å²) in [5.74, 6) is 0.111. The zero-order chi connectivity index (χ0) is 12.1. The first-order chi connectivity index (χ1) is 7.54. The Morgan fingerprint density at radius 1 is 1.44 bits per heavy atom. The van der Waals surface area contributed by atoms with Crippen molar-refractivity contribution in [3.8, 4) is 0 Å². The maximum atomic E-state index is 11.6. The Kier molecular flexibility index (Phi) is 5.10. The van der Waals surface area contributed by atoms with Crippen LogP contribution in [-0.4, -0.2) is 11.8 Å². The molecule has 0 saturated carbocycles. The Hall–Kier alpha value is -0.730. The molecule has 0 spiro atoms. The minimum atomic E-state index is -0.177. The summed E-state index contributed by atoms with van der Waals surface area (Å²) < 4.78 is 0. The Labute approximate surface area is 106 Å². The SMILES string of the molecule is CC(CCl)C(=O)NC(C)c1cccc(Cl)c1. The zero-order valence-corrected chi connectivity index (χ0v) is 10.8. The summed E-state index contributed by atoms with van der Waals surface area (Å²) >= 11 is 11.5. The molecule has 16 heavy (non-hydrogen) atoms. The molecule has 1 amide bonds. The number of alkyl halides is 1. The lowest BCUT2D eigenvalue weighted by Gasteiger charge is -2.16. The van der Waals surface area contributed by atoms with Gasteiger partial charge in [0.15, 0.2) is 0 Å². The smallest absolute Gasteiger partial charge is 0.224 e. The lowest BCUT2D eigenvalue weighted by Crippen LogP contribution is -2.32. The van der Waals surface area contributed by atoms with Crippen LogP contribution in [0.15, 0.2) is 24.3 Å². The van der Waals surface area contributed by atoms with Gasteiger partial charge in [-0.2, -0.15) is 0 Å². The van der Waals surface area contributed by atoms with E-state index >= 15 is 0 Å². The van der Waals surface area contributed by atoms with Crippen molar-refractivity contribution in [2.75, 3.05) is 5.88 Å². The highest BCUT2D eigenvalue weighted by Crippen LogP contribution is 2.17. The highest BCUT2D eigenvalue weighted by Gasteiger charge is 2.15. The quantitative estimate of drug-likeness (QED) is 0.826. The Balaban J connectivity index is 2.65. The third-order valence-electron chi connectivity index (χ3n) is 2.39. The van der Waals surface area contributed by atoms with Gasteiger partial charge < -0.3 is 5.32 Å². The van der Waals surface area contributed by atoms with Crippen LogP contribution in [0.3, 0.4) is 0 Å². The first kappa shape index (κ1) is 13.3. The van der Waals surface area contributed by atoms with Gasteiger partial charge >= 0.3 is 0 Å². The highest BCUT2D eigenvalue weighted by molar-refractivity contribution is 6.30. The summed E-state index contributed by atoms with van der Waals surface area (Å²) in [5.41, 5.74) is 0.989. The fourth-order valence-electron chi connectivity index (χ4n) is 1.28. The van der Waals surface area contributed by atoms with Crippen LogP contribution in [0.5, 0.6) is 0 Å². The van der Waals surface area contributed by atoms with E-state index in [0.29, 0.717) is 10.9 Å². The third kappa shape index (κ3) is 3.69. The lowest BCUT2D eigenvalue weighted by molar-refractivity contribution is -0.124. The van der Waals surface area contributed by atoms with Gasteiger partial charge in [0.05, 0.1) is 6.04 Å². The van der Waals surface area contributed by atoms with E-state index in [1.54, 1.807) is 13.0 Å². The van der Waals surface area contributed by atoms with E-state index in [1.807, 2.05) is 25.1 Å². The molecule has 0 bridgehead atoms. The van der Waals surface area contributed by atoms with Crippen LogP contribution in [-0.2, 0) is 4.79 Å². The number of nitrogens with one attached hydrogen (secondary N) is 1. The molecule has 0 heterocycles. The molecule has 0 aliphatic heterocycles. The van der Waals surface area contributed by atoms with Gasteiger partial charge in [0.25, 0.3) is 0 Å². The number of amides is 1. The Morgan fingerprint density at radius 3 is 2.69 bits per heavy atom. The van der Waals surface area contributed by atoms with Gasteiger partial charge in [0.2, 0.25) is 5.91 Å². The summed E-state index contributed by atoms with van der Waals surface area (Å²) in [7, 11) is 0. The van der Waals surface area contributed by atoms with E-state index in [0.717, 1.165) is 5.56 Å². The van der Waals surface area contributed by atoms with E-state index in [9.17, 15) is 4.79 Å². The van der Waals surface area contributed by atoms with Crippen LogP contribution in [0.4, 0.5) is 0 Å². The second kappa shape index (κ2) is 6.12. The summed E-state index contributed by atoms with van der Waals surface area (Å²) in [6.07, 6.45) is 0. The molecule has 0 saturated heterocycles. The first-order valence-electron chi connectivity index (χ1n) is 5.16. The van der Waals surface area contributed by atoms with E-state index in [4.69, 9.17) is 23.2 Å². The average molecular weight is 260 g/mol. The summed E-state index contributed by atoms with van der Waals surface area (Å²) in [4.78, 5) is 11.6. The van der Waals surface area contributed by atoms with Crippen molar-refractivity contribution in [2.45, 2.75) is 19.9 Å². The third-order valence-corrected chi connectivity index (χ3v) is 3.08. The van der Waals surface area contributed by atoms with Gasteiger partial charge in [-0.1, -0.05) is 30.7 Å². The molecule has 2 unspecified atom stereocenters. The lowest BCUT2D eigenvalue weighted by atomic mass is 10.1. The van der Waals surface area contributed by atoms with Gasteiger partial charge in [-0.25, -0.2) is 0 Å². The number of halogens is 2. The normalized spacial score (nSPS) is 14.2. The molecule has 0 aliphatic rings. The van der Waals surface area contributed by atoms with E-state index in [1.165, 1.54) is 0 Å². The van der Waals surface area contributed by atoms with Crippen LogP contribution in [0.2, 0.25) is 5.02 Å². The average Bonchev–Trinajstić information content (AvgIpc) is 2.27. The molecule has 2 atom stereocenters. The van der Waals surface area contributed by atoms with E-state index in [2.05, 4.69) is 5.32 Å². The Morgan fingerprint density at radius 2 is 2.12 bits per heavy atom. The number of rotatable bonds is 4. The zero-order valence-electron chi connectivity index (χ0n) is 9.34. The molecular weight excluding hydrogens is 245 g/mol. The molecular formula is C12H15Cl2NO. The molecule has 4 heteroatoms. The topological polar surface area (TPSA) is 29.1 Å². The van der Waals surface area contributed by atoms with Crippen LogP contribution >= 0.6 is 23.2 Å². The number of hydrogen-bond acceptors (Lipinski definition) is 1. The standard InChI is InChI=1S/C12H15Cl2NO/c1-8(7-13)12(16)15-9(2)10-4-3-5-11(14)6-10/h3-6,8-9H,7H2,1-2H3,(H,15,16). The maximum Gasteiger partial charge on any atom is 0.224 e. The minimum absolute atomic E-state index is 0.0394. The fourth-order valence-corrected chi connectivity index (χ4v) is 1.62. The van der Waals surface area contributed by atoms with Crippen molar-refractivity contribution in [2.24, 2.45) is 5.92 Å². The monoisotopic (exact) mass is 259 g/mol. The molecule has 1 aromatic carbocycles. The predicted octanol–water partition coefficient (Wildman–Crippen LogP) is 3.39.